The number of hydroxylamine groups is 1. The van der Waals surface area contributed by atoms with Crippen molar-refractivity contribution in [1.29, 1.82) is 0 Å². The van der Waals surface area contributed by atoms with Crippen LogP contribution in [0, 0.1) is 5.21 Å². The number of hydrogen-bond donors (Lipinski definition) is 0. The van der Waals surface area contributed by atoms with E-state index < -0.39 is 5.91 Å². The highest BCUT2D eigenvalue weighted by Crippen LogP contribution is 2.16. The lowest BCUT2D eigenvalue weighted by atomic mass is 10.1. The first-order chi connectivity index (χ1) is 9.20. The van der Waals surface area contributed by atoms with Gasteiger partial charge >= 0.3 is 0 Å². The monoisotopic (exact) mass is 255 g/mol. The normalized spacial score (nSPS) is 9.95. The van der Waals surface area contributed by atoms with E-state index in [1.165, 1.54) is 12.1 Å². The topological polar surface area (TPSA) is 73.3 Å². The molecule has 0 aliphatic heterocycles. The fourth-order valence-electron chi connectivity index (χ4n) is 1.66. The van der Waals surface area contributed by atoms with E-state index in [1.54, 1.807) is 24.5 Å². The summed E-state index contributed by atoms with van der Waals surface area (Å²) in [6.45, 7) is 0. The van der Waals surface area contributed by atoms with Crippen molar-refractivity contribution in [2.24, 2.45) is 0 Å². The van der Waals surface area contributed by atoms with Gasteiger partial charge < -0.3 is 10.3 Å². The average molecular weight is 255 g/mol. The van der Waals surface area contributed by atoms with Gasteiger partial charge in [0.05, 0.1) is 0 Å². The number of benzene rings is 1. The van der Waals surface area contributed by atoms with Gasteiger partial charge in [-0.05, 0) is 41.8 Å². The van der Waals surface area contributed by atoms with Crippen LogP contribution in [-0.2, 0) is 16.0 Å². The molecule has 5 nitrogen and oxygen atoms in total. The molecule has 0 spiro atoms. The molecule has 0 bridgehead atoms. The second-order valence-corrected chi connectivity index (χ2v) is 3.95. The van der Waals surface area contributed by atoms with Gasteiger partial charge in [0, 0.05) is 18.1 Å². The Morgan fingerprint density at radius 1 is 1.11 bits per heavy atom. The lowest BCUT2D eigenvalue weighted by molar-refractivity contribution is -0.129. The predicted molar refractivity (Wildman–Crippen MR) is 70.4 cm³/mol. The second-order valence-electron chi connectivity index (χ2n) is 3.95. The van der Waals surface area contributed by atoms with Crippen LogP contribution in [0.5, 0.6) is 0 Å². The first-order valence-electron chi connectivity index (χ1n) is 5.65. The maximum absolute atomic E-state index is 11.4. The Balaban J connectivity index is 2.10. The van der Waals surface area contributed by atoms with Crippen molar-refractivity contribution >= 4 is 17.9 Å². The summed E-state index contributed by atoms with van der Waals surface area (Å²) in [4.78, 5) is 25.1. The number of rotatable bonds is 4. The molecule has 0 saturated carbocycles. The maximum atomic E-state index is 11.4. The number of aldehydes is 1. The molecule has 19 heavy (non-hydrogen) atoms. The molecule has 0 radical (unpaired) electrons. The first kappa shape index (κ1) is 12.9. The zero-order chi connectivity index (χ0) is 13.7. The predicted octanol–water partition coefficient (Wildman–Crippen LogP) is 1.70. The highest BCUT2D eigenvalue weighted by molar-refractivity contribution is 6.30. The third-order valence-electron chi connectivity index (χ3n) is 2.63. The summed E-state index contributed by atoms with van der Waals surface area (Å²) in [5, 5.41) is 11.4. The van der Waals surface area contributed by atoms with Crippen molar-refractivity contribution in [2.45, 2.75) is 6.42 Å². The van der Waals surface area contributed by atoms with Crippen molar-refractivity contribution in [1.82, 2.24) is 4.98 Å². The molecule has 5 heteroatoms. The largest absolute Gasteiger partial charge is 0.751 e. The summed E-state index contributed by atoms with van der Waals surface area (Å²) in [6, 6.07) is 10.3. The summed E-state index contributed by atoms with van der Waals surface area (Å²) < 4.78 is 0. The highest BCUT2D eigenvalue weighted by Gasteiger charge is 2.04. The third-order valence-corrected chi connectivity index (χ3v) is 2.63. The molecule has 1 heterocycles. The number of anilines is 1. The van der Waals surface area contributed by atoms with Crippen LogP contribution in [0.15, 0.2) is 48.8 Å². The van der Waals surface area contributed by atoms with Crippen LogP contribution < -0.4 is 5.06 Å². The summed E-state index contributed by atoms with van der Waals surface area (Å²) in [5.41, 5.74) is 2.25. The lowest BCUT2D eigenvalue weighted by Crippen LogP contribution is -2.24. The molecule has 96 valence electrons. The molecule has 0 N–H and O–H groups in total. The molecule has 1 aromatic heterocycles. The number of carbonyl (C=O) groups is 2. The third kappa shape index (κ3) is 3.23. The smallest absolute Gasteiger partial charge is 0.280 e. The second kappa shape index (κ2) is 5.88. The molecule has 0 fully saturated rings. The lowest BCUT2D eigenvalue weighted by Gasteiger charge is -2.25. The number of nitrogens with zero attached hydrogens (tertiary/aromatic N) is 2. The van der Waals surface area contributed by atoms with E-state index in [2.05, 4.69) is 4.98 Å². The Morgan fingerprint density at radius 2 is 1.68 bits per heavy atom. The minimum Gasteiger partial charge on any atom is -0.751 e. The quantitative estimate of drug-likeness (QED) is 0.473. The van der Waals surface area contributed by atoms with Crippen molar-refractivity contribution in [3.63, 3.8) is 0 Å². The van der Waals surface area contributed by atoms with Crippen molar-refractivity contribution in [3.05, 3.63) is 65.1 Å². The van der Waals surface area contributed by atoms with Gasteiger partial charge in [-0.1, -0.05) is 12.1 Å². The Bertz CT molecular complexity index is 567. The van der Waals surface area contributed by atoms with Crippen molar-refractivity contribution in [2.75, 3.05) is 5.06 Å². The molecule has 1 amide bonds. The highest BCUT2D eigenvalue weighted by atomic mass is 16.5. The van der Waals surface area contributed by atoms with Gasteiger partial charge in [0.1, 0.15) is 0 Å². The summed E-state index contributed by atoms with van der Waals surface area (Å²) in [6.07, 6.45) is 4.14. The van der Waals surface area contributed by atoms with Gasteiger partial charge in [-0.2, -0.15) is 0 Å². The minimum atomic E-state index is -1.11. The van der Waals surface area contributed by atoms with Gasteiger partial charge in [0.25, 0.3) is 5.91 Å². The SMILES string of the molecule is O=CC(=O)N([O-])c1ccc(Cc2ccncc2)cc1. The maximum Gasteiger partial charge on any atom is 0.280 e. The van der Waals surface area contributed by atoms with Crippen LogP contribution in [-0.4, -0.2) is 17.2 Å². The van der Waals surface area contributed by atoms with Crippen LogP contribution in [0.4, 0.5) is 5.69 Å². The zero-order valence-electron chi connectivity index (χ0n) is 10.0. The van der Waals surface area contributed by atoms with E-state index in [0.29, 0.717) is 6.42 Å². The Hall–Kier alpha value is -2.53. The Morgan fingerprint density at radius 3 is 2.26 bits per heavy atom. The van der Waals surface area contributed by atoms with E-state index in [0.717, 1.165) is 11.1 Å². The van der Waals surface area contributed by atoms with E-state index in [4.69, 9.17) is 0 Å². The van der Waals surface area contributed by atoms with Gasteiger partial charge in [-0.3, -0.25) is 14.6 Å². The van der Waals surface area contributed by atoms with Crippen LogP contribution in [0.25, 0.3) is 0 Å². The van der Waals surface area contributed by atoms with Crippen LogP contribution in [0.1, 0.15) is 11.1 Å². The zero-order valence-corrected chi connectivity index (χ0v) is 10.0. The Labute approximate surface area is 110 Å². The molecule has 1 aromatic carbocycles. The molecule has 0 atom stereocenters. The van der Waals surface area contributed by atoms with E-state index in [9.17, 15) is 14.8 Å². The summed E-state index contributed by atoms with van der Waals surface area (Å²) in [7, 11) is 0. The Kier molecular flexibility index (Phi) is 4.00. The van der Waals surface area contributed by atoms with Gasteiger partial charge in [-0.25, -0.2) is 0 Å². The van der Waals surface area contributed by atoms with Crippen LogP contribution >= 0.6 is 0 Å². The molecular weight excluding hydrogens is 244 g/mol. The minimum absolute atomic E-state index is 0.00210. The molecule has 2 rings (SSSR count). The van der Waals surface area contributed by atoms with Crippen molar-refractivity contribution < 1.29 is 9.59 Å². The first-order valence-corrected chi connectivity index (χ1v) is 5.65. The number of carbonyl (C=O) groups excluding carboxylic acids is 2. The van der Waals surface area contributed by atoms with E-state index >= 15 is 0 Å². The number of pyridine rings is 1. The molecule has 0 saturated heterocycles. The van der Waals surface area contributed by atoms with E-state index in [-0.39, 0.29) is 17.0 Å². The van der Waals surface area contributed by atoms with Crippen molar-refractivity contribution in [3.8, 4) is 0 Å². The molecule has 0 aliphatic rings. The number of amides is 1. The fraction of sp³-hybridized carbons (Fsp3) is 0.0714. The molecule has 2 aromatic rings. The van der Waals surface area contributed by atoms with Crippen LogP contribution in [0.3, 0.4) is 0 Å². The summed E-state index contributed by atoms with van der Waals surface area (Å²) in [5.74, 6) is -1.11. The van der Waals surface area contributed by atoms with Gasteiger partial charge in [0.2, 0.25) is 6.29 Å². The molecule has 0 unspecified atom stereocenters. The molecular formula is C14H11N2O3-. The van der Waals surface area contributed by atoms with Crippen LogP contribution in [0.2, 0.25) is 0 Å². The average Bonchev–Trinajstić information content (AvgIpc) is 2.47. The number of aromatic nitrogens is 1. The molecule has 0 aliphatic carbocycles. The fourth-order valence-corrected chi connectivity index (χ4v) is 1.66. The summed E-state index contributed by atoms with van der Waals surface area (Å²) >= 11 is 0. The van der Waals surface area contributed by atoms with E-state index in [1.807, 2.05) is 12.1 Å². The standard InChI is InChI=1S/C14H11N2O3/c17-10-14(18)16(19)13-3-1-11(2-4-13)9-12-5-7-15-8-6-12/h1-8,10H,9H2/q-1. The number of hydrogen-bond acceptors (Lipinski definition) is 4. The van der Waals surface area contributed by atoms with Gasteiger partial charge in [0.15, 0.2) is 0 Å². The van der Waals surface area contributed by atoms with Gasteiger partial charge in [-0.15, -0.1) is 0 Å².